The van der Waals surface area contributed by atoms with E-state index in [0.717, 1.165) is 31.3 Å². The second-order valence-electron chi connectivity index (χ2n) is 14.9. The highest BCUT2D eigenvalue weighted by Crippen LogP contribution is 2.73. The molecule has 1 aliphatic heterocycles. The number of ketones is 1. The maximum Gasteiger partial charge on any atom is 0.159 e. The Balaban J connectivity index is 1.31. The number of aliphatic hydroxyl groups is 4. The molecule has 0 aromatic carbocycles. The minimum absolute atomic E-state index is 0.00120. The minimum atomic E-state index is -1.19. The third kappa shape index (κ3) is 2.95. The SMILES string of the molecule is CC(C)C(C)C1OC1C1(O)CC=CC2CC3C(=CC(=O)C4C5CCCC34CC(O)C5O)C3(O)CCC1C23C. The van der Waals surface area contributed by atoms with Crippen LogP contribution in [0.1, 0.15) is 79.1 Å². The first-order valence-corrected chi connectivity index (χ1v) is 15.3. The van der Waals surface area contributed by atoms with Crippen molar-refractivity contribution in [2.45, 2.75) is 115 Å². The van der Waals surface area contributed by atoms with Gasteiger partial charge in [-0.05, 0) is 97.5 Å². The minimum Gasteiger partial charge on any atom is -0.390 e. The molecule has 0 aromatic heterocycles. The number of ether oxygens (including phenoxy) is 1. The smallest absolute Gasteiger partial charge is 0.159 e. The van der Waals surface area contributed by atoms with Crippen LogP contribution in [0.3, 0.4) is 0 Å². The van der Waals surface area contributed by atoms with Crippen molar-refractivity contribution in [2.75, 3.05) is 0 Å². The highest BCUT2D eigenvalue weighted by Gasteiger charge is 2.75. The maximum absolute atomic E-state index is 13.9. The molecule has 7 rings (SSSR count). The molecule has 1 heterocycles. The molecule has 0 radical (unpaired) electrons. The number of allylic oxidation sites excluding steroid dienone is 2. The standard InChI is InChI=1S/C32H46O6/c1-16(2)17(3)27-28(38-27)31(36)11-5-7-18-13-20-21(32(37)12-9-24(31)29(18,32)4)14-22(33)25-19-8-6-10-30(20,25)15-23(34)26(19)35/h5,7,14,16-20,23-28,34-37H,6,8-13,15H2,1-4H3. The molecule has 14 unspecified atom stereocenters. The molecule has 14 atom stereocenters. The first kappa shape index (κ1) is 25.9. The highest BCUT2D eigenvalue weighted by atomic mass is 16.6. The zero-order chi connectivity index (χ0) is 27.0. The summed E-state index contributed by atoms with van der Waals surface area (Å²) in [7, 11) is 0. The van der Waals surface area contributed by atoms with Gasteiger partial charge in [-0.25, -0.2) is 0 Å². The van der Waals surface area contributed by atoms with Crippen LogP contribution in [0.25, 0.3) is 0 Å². The Morgan fingerprint density at radius 3 is 2.61 bits per heavy atom. The Morgan fingerprint density at radius 2 is 1.87 bits per heavy atom. The lowest BCUT2D eigenvalue weighted by Gasteiger charge is -2.65. The van der Waals surface area contributed by atoms with Gasteiger partial charge in [-0.1, -0.05) is 46.3 Å². The van der Waals surface area contributed by atoms with E-state index in [-0.39, 0.29) is 47.6 Å². The summed E-state index contributed by atoms with van der Waals surface area (Å²) in [6, 6.07) is 0. The molecule has 2 bridgehead atoms. The Bertz CT molecular complexity index is 1100. The van der Waals surface area contributed by atoms with Gasteiger partial charge in [-0.15, -0.1) is 0 Å². The average Bonchev–Trinajstić information content (AvgIpc) is 3.63. The van der Waals surface area contributed by atoms with E-state index in [4.69, 9.17) is 4.74 Å². The molecule has 7 aliphatic rings. The van der Waals surface area contributed by atoms with Crippen LogP contribution in [0.4, 0.5) is 0 Å². The van der Waals surface area contributed by atoms with Gasteiger partial charge in [0, 0.05) is 11.3 Å². The summed E-state index contributed by atoms with van der Waals surface area (Å²) in [6.07, 6.45) is 9.80. The predicted molar refractivity (Wildman–Crippen MR) is 142 cm³/mol. The summed E-state index contributed by atoms with van der Waals surface area (Å²) in [5, 5.41) is 47.0. The van der Waals surface area contributed by atoms with Gasteiger partial charge in [0.25, 0.3) is 0 Å². The molecule has 6 aliphatic carbocycles. The monoisotopic (exact) mass is 526 g/mol. The van der Waals surface area contributed by atoms with E-state index in [0.29, 0.717) is 37.5 Å². The first-order chi connectivity index (χ1) is 17.9. The summed E-state index contributed by atoms with van der Waals surface area (Å²) < 4.78 is 6.23. The van der Waals surface area contributed by atoms with Crippen molar-refractivity contribution in [3.63, 3.8) is 0 Å². The van der Waals surface area contributed by atoms with E-state index in [1.54, 1.807) is 6.08 Å². The van der Waals surface area contributed by atoms with Crippen molar-refractivity contribution < 1.29 is 30.0 Å². The van der Waals surface area contributed by atoms with E-state index in [2.05, 4.69) is 39.8 Å². The van der Waals surface area contributed by atoms with Crippen LogP contribution < -0.4 is 0 Å². The van der Waals surface area contributed by atoms with Crippen LogP contribution in [0, 0.1) is 52.3 Å². The van der Waals surface area contributed by atoms with E-state index in [1.165, 1.54) is 0 Å². The van der Waals surface area contributed by atoms with Gasteiger partial charge in [0.1, 0.15) is 11.7 Å². The van der Waals surface area contributed by atoms with Crippen LogP contribution in [0.15, 0.2) is 23.8 Å². The number of epoxide rings is 1. The molecular formula is C32H46O6. The van der Waals surface area contributed by atoms with E-state index in [1.807, 2.05) is 0 Å². The molecule has 6 heteroatoms. The molecule has 5 fully saturated rings. The van der Waals surface area contributed by atoms with Crippen molar-refractivity contribution in [1.29, 1.82) is 0 Å². The number of hydrogen-bond acceptors (Lipinski definition) is 6. The number of hydrogen-bond donors (Lipinski definition) is 4. The Labute approximate surface area is 226 Å². The van der Waals surface area contributed by atoms with Crippen LogP contribution >= 0.6 is 0 Å². The molecule has 4 N–H and O–H groups in total. The quantitative estimate of drug-likeness (QED) is 0.331. The van der Waals surface area contributed by atoms with E-state index < -0.39 is 34.2 Å². The Kier molecular flexibility index (Phi) is 5.47. The molecule has 0 amide bonds. The summed E-state index contributed by atoms with van der Waals surface area (Å²) in [6.45, 7) is 8.76. The van der Waals surface area contributed by atoms with Crippen LogP contribution in [0.5, 0.6) is 0 Å². The van der Waals surface area contributed by atoms with Crippen molar-refractivity contribution in [1.82, 2.24) is 0 Å². The Hall–Kier alpha value is -1.05. The summed E-state index contributed by atoms with van der Waals surface area (Å²) in [5.41, 5.74) is -2.41. The fourth-order valence-electron chi connectivity index (χ4n) is 11.2. The average molecular weight is 527 g/mol. The summed E-state index contributed by atoms with van der Waals surface area (Å²) in [4.78, 5) is 13.9. The fourth-order valence-corrected chi connectivity index (χ4v) is 11.2. The van der Waals surface area contributed by atoms with E-state index in [9.17, 15) is 25.2 Å². The zero-order valence-corrected chi connectivity index (χ0v) is 23.3. The lowest BCUT2D eigenvalue weighted by molar-refractivity contribution is -0.198. The number of rotatable bonds is 3. The Morgan fingerprint density at radius 1 is 1.11 bits per heavy atom. The molecular weight excluding hydrogens is 480 g/mol. The lowest BCUT2D eigenvalue weighted by atomic mass is 9.39. The molecule has 0 aromatic rings. The highest BCUT2D eigenvalue weighted by molar-refractivity contribution is 5.95. The number of fused-ring (bicyclic) bond motifs is 2. The molecule has 6 nitrogen and oxygen atoms in total. The van der Waals surface area contributed by atoms with Gasteiger partial charge in [0.2, 0.25) is 0 Å². The largest absolute Gasteiger partial charge is 0.390 e. The summed E-state index contributed by atoms with van der Waals surface area (Å²) >= 11 is 0. The van der Waals surface area contributed by atoms with Gasteiger partial charge in [0.15, 0.2) is 5.78 Å². The number of aliphatic hydroxyl groups excluding tert-OH is 2. The zero-order valence-electron chi connectivity index (χ0n) is 23.3. The van der Waals surface area contributed by atoms with Crippen LogP contribution in [-0.2, 0) is 9.53 Å². The number of carbonyl (C=O) groups excluding carboxylic acids is 1. The molecule has 1 saturated heterocycles. The van der Waals surface area contributed by atoms with Gasteiger partial charge >= 0.3 is 0 Å². The molecule has 0 spiro atoms. The third-order valence-corrected chi connectivity index (χ3v) is 13.5. The van der Waals surface area contributed by atoms with Gasteiger partial charge in [-0.2, -0.15) is 0 Å². The molecule has 4 saturated carbocycles. The van der Waals surface area contributed by atoms with Gasteiger partial charge < -0.3 is 25.2 Å². The normalized spacial score (nSPS) is 57.4. The fraction of sp³-hybridized carbons (Fsp3) is 0.844. The van der Waals surface area contributed by atoms with Gasteiger partial charge in [0.05, 0.1) is 23.9 Å². The van der Waals surface area contributed by atoms with Gasteiger partial charge in [-0.3, -0.25) is 4.79 Å². The second-order valence-corrected chi connectivity index (χ2v) is 14.9. The lowest BCUT2D eigenvalue weighted by Crippen LogP contribution is -2.67. The number of carbonyl (C=O) groups is 1. The molecule has 210 valence electrons. The summed E-state index contributed by atoms with van der Waals surface area (Å²) in [5.74, 6) is 0.266. The first-order valence-electron chi connectivity index (χ1n) is 15.3. The van der Waals surface area contributed by atoms with Crippen molar-refractivity contribution in [3.8, 4) is 0 Å². The second kappa shape index (κ2) is 8.03. The maximum atomic E-state index is 13.9. The van der Waals surface area contributed by atoms with E-state index >= 15 is 0 Å². The topological polar surface area (TPSA) is 111 Å². The molecule has 38 heavy (non-hydrogen) atoms. The third-order valence-electron chi connectivity index (χ3n) is 13.5. The van der Waals surface area contributed by atoms with Crippen LogP contribution in [-0.4, -0.2) is 61.8 Å². The van der Waals surface area contributed by atoms with Crippen molar-refractivity contribution in [2.24, 2.45) is 52.3 Å². The van der Waals surface area contributed by atoms with Crippen molar-refractivity contribution in [3.05, 3.63) is 23.8 Å². The van der Waals surface area contributed by atoms with Crippen LogP contribution in [0.2, 0.25) is 0 Å². The van der Waals surface area contributed by atoms with Crippen molar-refractivity contribution >= 4 is 5.78 Å². The predicted octanol–water partition coefficient (Wildman–Crippen LogP) is 3.56.